The number of anilines is 1. The number of hydrogen-bond acceptors (Lipinski definition) is 5. The molecule has 1 amide bonds. The summed E-state index contributed by atoms with van der Waals surface area (Å²) in [5.74, 6) is -1.52. The van der Waals surface area contributed by atoms with Gasteiger partial charge in [-0.05, 0) is 12.1 Å². The molecule has 0 unspecified atom stereocenters. The Balaban J connectivity index is 2.06. The van der Waals surface area contributed by atoms with E-state index in [-0.39, 0.29) is 33.5 Å². The summed E-state index contributed by atoms with van der Waals surface area (Å²) in [6, 6.07) is 2.81. The number of benzene rings is 1. The molecule has 9 heteroatoms. The molecule has 2 rings (SSSR count). The van der Waals surface area contributed by atoms with E-state index in [1.54, 1.807) is 0 Å². The number of thiazole rings is 1. The number of rotatable bonds is 4. The largest absolute Gasteiger partial charge is 0.476 e. The molecule has 0 aliphatic carbocycles. The van der Waals surface area contributed by atoms with Gasteiger partial charge in [0.15, 0.2) is 5.69 Å². The fraction of sp³-hybridized carbons (Fsp3) is 0.0833. The Kier molecular flexibility index (Phi) is 4.66. The number of nitrogens with two attached hydrogens (primary N) is 1. The highest BCUT2D eigenvalue weighted by Crippen LogP contribution is 2.28. The third kappa shape index (κ3) is 3.63. The Morgan fingerprint density at radius 2 is 1.95 bits per heavy atom. The van der Waals surface area contributed by atoms with E-state index < -0.39 is 11.9 Å². The first-order valence-electron chi connectivity index (χ1n) is 5.59. The lowest BCUT2D eigenvalue weighted by molar-refractivity contribution is 0.0691. The minimum absolute atomic E-state index is 0.0529. The Labute approximate surface area is 133 Å². The van der Waals surface area contributed by atoms with Gasteiger partial charge in [-0.1, -0.05) is 23.2 Å². The van der Waals surface area contributed by atoms with Crippen LogP contribution in [0.15, 0.2) is 17.5 Å². The lowest BCUT2D eigenvalue weighted by Crippen LogP contribution is -2.23. The topological polar surface area (TPSA) is 105 Å². The molecular formula is C12H9Cl2N3O3S. The van der Waals surface area contributed by atoms with Crippen LogP contribution in [0.3, 0.4) is 0 Å². The molecule has 2 aromatic rings. The molecule has 1 aromatic carbocycles. The fourth-order valence-electron chi connectivity index (χ4n) is 1.46. The van der Waals surface area contributed by atoms with Crippen molar-refractivity contribution in [2.24, 2.45) is 0 Å². The summed E-state index contributed by atoms with van der Waals surface area (Å²) >= 11 is 12.9. The summed E-state index contributed by atoms with van der Waals surface area (Å²) in [6.07, 6.45) is 0. The lowest BCUT2D eigenvalue weighted by atomic mass is 10.2. The quantitative estimate of drug-likeness (QED) is 0.738. The molecule has 0 fully saturated rings. The summed E-state index contributed by atoms with van der Waals surface area (Å²) in [7, 11) is 0. The second-order valence-corrected chi connectivity index (χ2v) is 5.72. The van der Waals surface area contributed by atoms with E-state index in [1.165, 1.54) is 17.5 Å². The highest BCUT2D eigenvalue weighted by molar-refractivity contribution is 7.09. The van der Waals surface area contributed by atoms with Crippen molar-refractivity contribution in [3.8, 4) is 0 Å². The Hall–Kier alpha value is -1.83. The molecule has 0 atom stereocenters. The van der Waals surface area contributed by atoms with E-state index in [4.69, 9.17) is 34.0 Å². The van der Waals surface area contributed by atoms with E-state index >= 15 is 0 Å². The van der Waals surface area contributed by atoms with Crippen LogP contribution in [0.4, 0.5) is 5.69 Å². The van der Waals surface area contributed by atoms with Crippen LogP contribution in [0.1, 0.15) is 25.9 Å². The van der Waals surface area contributed by atoms with Gasteiger partial charge in [0.25, 0.3) is 5.91 Å². The number of hydrogen-bond donors (Lipinski definition) is 3. The third-order valence-electron chi connectivity index (χ3n) is 2.51. The van der Waals surface area contributed by atoms with E-state index in [2.05, 4.69) is 10.3 Å². The average molecular weight is 346 g/mol. The number of nitrogens with zero attached hydrogens (tertiary/aromatic N) is 1. The normalized spacial score (nSPS) is 10.4. The molecule has 21 heavy (non-hydrogen) atoms. The van der Waals surface area contributed by atoms with Gasteiger partial charge in [-0.15, -0.1) is 11.3 Å². The first-order chi connectivity index (χ1) is 9.88. The number of aromatic nitrogens is 1. The van der Waals surface area contributed by atoms with Crippen molar-refractivity contribution in [3.63, 3.8) is 0 Å². The van der Waals surface area contributed by atoms with Crippen LogP contribution in [-0.2, 0) is 6.54 Å². The Morgan fingerprint density at radius 3 is 2.48 bits per heavy atom. The number of nitrogen functional groups attached to an aromatic ring is 1. The summed E-state index contributed by atoms with van der Waals surface area (Å²) in [5.41, 5.74) is 6.00. The van der Waals surface area contributed by atoms with Gasteiger partial charge in [0.05, 0.1) is 22.3 Å². The standard InChI is InChI=1S/C12H9Cl2N3O3S/c13-6-1-5(2-7(14)10(6)15)11(18)16-3-9-17-8(4-21-9)12(19)20/h1-2,4H,3,15H2,(H,16,18)(H,19,20). The molecule has 0 aliphatic heterocycles. The zero-order valence-electron chi connectivity index (χ0n) is 10.4. The molecular weight excluding hydrogens is 337 g/mol. The van der Waals surface area contributed by atoms with Crippen molar-refractivity contribution in [1.29, 1.82) is 0 Å². The number of carboxylic acids is 1. The van der Waals surface area contributed by atoms with Crippen LogP contribution in [0.5, 0.6) is 0 Å². The molecule has 0 spiro atoms. The number of aromatic carboxylic acids is 1. The summed E-state index contributed by atoms with van der Waals surface area (Å²) in [5, 5.41) is 13.6. The van der Waals surface area contributed by atoms with E-state index in [0.29, 0.717) is 5.01 Å². The molecule has 6 nitrogen and oxygen atoms in total. The average Bonchev–Trinajstić information content (AvgIpc) is 2.90. The molecule has 110 valence electrons. The molecule has 4 N–H and O–H groups in total. The van der Waals surface area contributed by atoms with Gasteiger partial charge in [-0.2, -0.15) is 0 Å². The Morgan fingerprint density at radius 1 is 1.33 bits per heavy atom. The van der Waals surface area contributed by atoms with Gasteiger partial charge < -0.3 is 16.2 Å². The molecule has 0 radical (unpaired) electrons. The molecule has 0 bridgehead atoms. The van der Waals surface area contributed by atoms with Crippen LogP contribution in [0, 0.1) is 0 Å². The Bertz CT molecular complexity index is 695. The number of carboxylic acid groups (broad SMARTS) is 1. The van der Waals surface area contributed by atoms with E-state index in [1.807, 2.05) is 0 Å². The number of carbonyl (C=O) groups excluding carboxylic acids is 1. The third-order valence-corrected chi connectivity index (χ3v) is 3.99. The van der Waals surface area contributed by atoms with Crippen LogP contribution < -0.4 is 11.1 Å². The lowest BCUT2D eigenvalue weighted by Gasteiger charge is -2.06. The van der Waals surface area contributed by atoms with Crippen molar-refractivity contribution in [2.45, 2.75) is 6.54 Å². The first kappa shape index (κ1) is 15.6. The van der Waals surface area contributed by atoms with Crippen molar-refractivity contribution in [2.75, 3.05) is 5.73 Å². The van der Waals surface area contributed by atoms with Crippen LogP contribution in [-0.4, -0.2) is 22.0 Å². The SMILES string of the molecule is Nc1c(Cl)cc(C(=O)NCc2nc(C(=O)O)cs2)cc1Cl. The minimum Gasteiger partial charge on any atom is -0.476 e. The molecule has 1 aromatic heterocycles. The smallest absolute Gasteiger partial charge is 0.355 e. The summed E-state index contributed by atoms with van der Waals surface area (Å²) < 4.78 is 0. The fourth-order valence-corrected chi connectivity index (χ4v) is 2.66. The van der Waals surface area contributed by atoms with Crippen LogP contribution >= 0.6 is 34.5 Å². The predicted molar refractivity (Wildman–Crippen MR) is 81.1 cm³/mol. The zero-order chi connectivity index (χ0) is 15.6. The van der Waals surface area contributed by atoms with Crippen molar-refractivity contribution >= 4 is 52.1 Å². The van der Waals surface area contributed by atoms with Gasteiger partial charge in [-0.25, -0.2) is 9.78 Å². The van der Waals surface area contributed by atoms with Crippen molar-refractivity contribution < 1.29 is 14.7 Å². The minimum atomic E-state index is -1.11. The van der Waals surface area contributed by atoms with Gasteiger partial charge in [-0.3, -0.25) is 4.79 Å². The van der Waals surface area contributed by atoms with Crippen LogP contribution in [0.2, 0.25) is 10.0 Å². The maximum atomic E-state index is 12.0. The van der Waals surface area contributed by atoms with E-state index in [9.17, 15) is 9.59 Å². The maximum Gasteiger partial charge on any atom is 0.355 e. The second kappa shape index (κ2) is 6.30. The summed E-state index contributed by atoms with van der Waals surface area (Å²) in [4.78, 5) is 26.5. The number of amides is 1. The highest BCUT2D eigenvalue weighted by atomic mass is 35.5. The number of nitrogens with one attached hydrogen (secondary N) is 1. The van der Waals surface area contributed by atoms with Crippen molar-refractivity contribution in [1.82, 2.24) is 10.3 Å². The number of carbonyl (C=O) groups is 2. The molecule has 0 aliphatic rings. The van der Waals surface area contributed by atoms with Crippen LogP contribution in [0.25, 0.3) is 0 Å². The monoisotopic (exact) mass is 345 g/mol. The van der Waals surface area contributed by atoms with Gasteiger partial charge in [0.1, 0.15) is 5.01 Å². The maximum absolute atomic E-state index is 12.0. The van der Waals surface area contributed by atoms with E-state index in [0.717, 1.165) is 11.3 Å². The number of halogens is 2. The summed E-state index contributed by atoms with van der Waals surface area (Å²) in [6.45, 7) is 0.108. The van der Waals surface area contributed by atoms with Gasteiger partial charge >= 0.3 is 5.97 Å². The van der Waals surface area contributed by atoms with Gasteiger partial charge in [0, 0.05) is 10.9 Å². The molecule has 0 saturated carbocycles. The molecule has 1 heterocycles. The van der Waals surface area contributed by atoms with Crippen molar-refractivity contribution in [3.05, 3.63) is 43.8 Å². The molecule has 0 saturated heterocycles. The highest BCUT2D eigenvalue weighted by Gasteiger charge is 2.13. The predicted octanol–water partition coefficient (Wildman–Crippen LogP) is 2.66. The second-order valence-electron chi connectivity index (χ2n) is 3.97. The van der Waals surface area contributed by atoms with Gasteiger partial charge in [0.2, 0.25) is 0 Å². The zero-order valence-corrected chi connectivity index (χ0v) is 12.7. The first-order valence-corrected chi connectivity index (χ1v) is 7.22.